The first-order chi connectivity index (χ1) is 14.7. The predicted molar refractivity (Wildman–Crippen MR) is 109 cm³/mol. The molecule has 2 aromatic heterocycles. The average Bonchev–Trinajstić information content (AvgIpc) is 3.32. The summed E-state index contributed by atoms with van der Waals surface area (Å²) in [6.45, 7) is 0. The van der Waals surface area contributed by atoms with E-state index in [4.69, 9.17) is 23.8 Å². The standard InChI is InChI=1S/C19H11ClF4N6S/c20-13-5-3-12(4-6-13)15-9-16(19(22,23)24)28-29(15)17-26-27-18(31)30(17)25-10-11-1-7-14(21)8-2-11/h1-10H,(H,27,31)/b25-10-. The van der Waals surface area contributed by atoms with Crippen LogP contribution in [0.25, 0.3) is 17.2 Å². The van der Waals surface area contributed by atoms with Crippen LogP contribution in [-0.4, -0.2) is 30.9 Å². The largest absolute Gasteiger partial charge is 0.435 e. The van der Waals surface area contributed by atoms with Gasteiger partial charge in [-0.05, 0) is 48.1 Å². The van der Waals surface area contributed by atoms with Gasteiger partial charge in [0.2, 0.25) is 4.77 Å². The number of H-pyrrole nitrogens is 1. The summed E-state index contributed by atoms with van der Waals surface area (Å²) in [7, 11) is 0. The molecule has 0 radical (unpaired) electrons. The molecule has 0 amide bonds. The van der Waals surface area contributed by atoms with Crippen LogP contribution in [0, 0.1) is 10.6 Å². The first-order valence-electron chi connectivity index (χ1n) is 8.63. The van der Waals surface area contributed by atoms with Crippen LogP contribution in [0.1, 0.15) is 11.3 Å². The first-order valence-corrected chi connectivity index (χ1v) is 9.42. The SMILES string of the molecule is Fc1ccc(/C=N\n2c(-n3nc(C(F)(F)F)cc3-c3ccc(Cl)cc3)n[nH]c2=S)cc1. The molecule has 0 saturated carbocycles. The van der Waals surface area contributed by atoms with Gasteiger partial charge in [0.1, 0.15) is 5.82 Å². The Kier molecular flexibility index (Phi) is 5.46. The van der Waals surface area contributed by atoms with Crippen LogP contribution in [0.2, 0.25) is 5.02 Å². The molecule has 0 atom stereocenters. The molecule has 0 unspecified atom stereocenters. The quantitative estimate of drug-likeness (QED) is 0.246. The number of halogens is 5. The second-order valence-electron chi connectivity index (χ2n) is 6.27. The maximum absolute atomic E-state index is 13.4. The summed E-state index contributed by atoms with van der Waals surface area (Å²) in [5.74, 6) is -0.509. The highest BCUT2D eigenvalue weighted by Gasteiger charge is 2.36. The summed E-state index contributed by atoms with van der Waals surface area (Å²) in [5, 5.41) is 14.8. The van der Waals surface area contributed by atoms with Gasteiger partial charge in [0.25, 0.3) is 5.95 Å². The number of benzene rings is 2. The van der Waals surface area contributed by atoms with E-state index in [0.717, 1.165) is 15.4 Å². The molecule has 31 heavy (non-hydrogen) atoms. The Morgan fingerprint density at radius 1 is 1.06 bits per heavy atom. The highest BCUT2D eigenvalue weighted by molar-refractivity contribution is 7.71. The van der Waals surface area contributed by atoms with E-state index in [9.17, 15) is 17.6 Å². The molecule has 1 N–H and O–H groups in total. The Hall–Kier alpha value is -3.31. The molecule has 4 rings (SSSR count). The lowest BCUT2D eigenvalue weighted by atomic mass is 10.1. The van der Waals surface area contributed by atoms with Gasteiger partial charge in [-0.2, -0.15) is 32.7 Å². The van der Waals surface area contributed by atoms with Crippen molar-refractivity contribution in [1.82, 2.24) is 24.7 Å². The second-order valence-corrected chi connectivity index (χ2v) is 7.09. The van der Waals surface area contributed by atoms with Crippen LogP contribution in [-0.2, 0) is 6.18 Å². The molecule has 0 aliphatic carbocycles. The second kappa shape index (κ2) is 8.08. The van der Waals surface area contributed by atoms with Gasteiger partial charge in [0.05, 0.1) is 11.9 Å². The van der Waals surface area contributed by atoms with Crippen molar-refractivity contribution in [2.45, 2.75) is 6.18 Å². The van der Waals surface area contributed by atoms with Crippen LogP contribution in [0.3, 0.4) is 0 Å². The minimum atomic E-state index is -4.68. The van der Waals surface area contributed by atoms with Gasteiger partial charge in [-0.15, -0.1) is 5.10 Å². The molecular weight excluding hydrogens is 456 g/mol. The molecule has 2 aromatic carbocycles. The lowest BCUT2D eigenvalue weighted by Gasteiger charge is -2.06. The lowest BCUT2D eigenvalue weighted by molar-refractivity contribution is -0.141. The van der Waals surface area contributed by atoms with Crippen LogP contribution < -0.4 is 0 Å². The summed E-state index contributed by atoms with van der Waals surface area (Å²) in [5.41, 5.74) is -0.0307. The molecule has 0 spiro atoms. The average molecular weight is 467 g/mol. The fourth-order valence-electron chi connectivity index (χ4n) is 2.70. The summed E-state index contributed by atoms with van der Waals surface area (Å²) in [6, 6.07) is 12.6. The van der Waals surface area contributed by atoms with Crippen molar-refractivity contribution < 1.29 is 17.6 Å². The number of aromatic amines is 1. The number of nitrogens with zero attached hydrogens (tertiary/aromatic N) is 5. The molecule has 12 heteroatoms. The van der Waals surface area contributed by atoms with Gasteiger partial charge in [-0.25, -0.2) is 9.49 Å². The summed E-state index contributed by atoms with van der Waals surface area (Å²) in [4.78, 5) is 0. The monoisotopic (exact) mass is 466 g/mol. The molecule has 0 saturated heterocycles. The van der Waals surface area contributed by atoms with Crippen molar-refractivity contribution in [3.8, 4) is 17.2 Å². The Balaban J connectivity index is 1.84. The minimum Gasteiger partial charge on any atom is -0.248 e. The lowest BCUT2D eigenvalue weighted by Crippen LogP contribution is -2.10. The zero-order valence-electron chi connectivity index (χ0n) is 15.3. The number of alkyl halides is 3. The minimum absolute atomic E-state index is 0.0273. The van der Waals surface area contributed by atoms with Crippen LogP contribution in [0.4, 0.5) is 17.6 Å². The fourth-order valence-corrected chi connectivity index (χ4v) is 3.00. The molecule has 2 heterocycles. The van der Waals surface area contributed by atoms with Crippen LogP contribution in [0.15, 0.2) is 59.7 Å². The predicted octanol–water partition coefficient (Wildman–Crippen LogP) is 5.49. The van der Waals surface area contributed by atoms with Gasteiger partial charge >= 0.3 is 6.18 Å². The molecule has 0 bridgehead atoms. The highest BCUT2D eigenvalue weighted by Crippen LogP contribution is 2.33. The van der Waals surface area contributed by atoms with Crippen molar-refractivity contribution in [3.05, 3.63) is 81.5 Å². The number of aromatic nitrogens is 5. The maximum Gasteiger partial charge on any atom is 0.435 e. The Morgan fingerprint density at radius 2 is 1.74 bits per heavy atom. The van der Waals surface area contributed by atoms with Crippen LogP contribution >= 0.6 is 23.8 Å². The van der Waals surface area contributed by atoms with Gasteiger partial charge in [0.15, 0.2) is 5.69 Å². The number of rotatable bonds is 4. The highest BCUT2D eigenvalue weighted by atomic mass is 35.5. The van der Waals surface area contributed by atoms with Crippen molar-refractivity contribution in [3.63, 3.8) is 0 Å². The third kappa shape index (κ3) is 4.42. The zero-order valence-corrected chi connectivity index (χ0v) is 16.9. The maximum atomic E-state index is 13.4. The third-order valence-electron chi connectivity index (χ3n) is 4.15. The molecule has 0 aliphatic heterocycles. The van der Waals surface area contributed by atoms with Crippen molar-refractivity contribution >= 4 is 30.0 Å². The smallest absolute Gasteiger partial charge is 0.248 e. The van der Waals surface area contributed by atoms with E-state index in [1.165, 1.54) is 30.5 Å². The summed E-state index contributed by atoms with van der Waals surface area (Å²) in [6.07, 6.45) is -3.31. The molecule has 6 nitrogen and oxygen atoms in total. The van der Waals surface area contributed by atoms with Crippen molar-refractivity contribution in [1.29, 1.82) is 0 Å². The molecular formula is C19H11ClF4N6S. The Labute approximate surface area is 182 Å². The van der Waals surface area contributed by atoms with E-state index < -0.39 is 17.7 Å². The molecule has 0 fully saturated rings. The van der Waals surface area contributed by atoms with Gasteiger partial charge in [-0.3, -0.25) is 0 Å². The first kappa shape index (κ1) is 20.9. The molecule has 158 valence electrons. The topological polar surface area (TPSA) is 63.8 Å². The fraction of sp³-hybridized carbons (Fsp3) is 0.0526. The van der Waals surface area contributed by atoms with E-state index in [1.807, 2.05) is 0 Å². The van der Waals surface area contributed by atoms with Crippen molar-refractivity contribution in [2.24, 2.45) is 5.10 Å². The van der Waals surface area contributed by atoms with Gasteiger partial charge in [-0.1, -0.05) is 35.9 Å². The van der Waals surface area contributed by atoms with E-state index in [0.29, 0.717) is 16.1 Å². The van der Waals surface area contributed by atoms with Gasteiger partial charge < -0.3 is 0 Å². The Morgan fingerprint density at radius 3 is 2.39 bits per heavy atom. The van der Waals surface area contributed by atoms with E-state index in [1.54, 1.807) is 24.3 Å². The van der Waals surface area contributed by atoms with Crippen LogP contribution in [0.5, 0.6) is 0 Å². The van der Waals surface area contributed by atoms with E-state index in [2.05, 4.69) is 20.4 Å². The third-order valence-corrected chi connectivity index (χ3v) is 4.67. The normalized spacial score (nSPS) is 12.0. The van der Waals surface area contributed by atoms with E-state index in [-0.39, 0.29) is 16.4 Å². The zero-order chi connectivity index (χ0) is 22.2. The number of nitrogens with one attached hydrogen (secondary N) is 1. The summed E-state index contributed by atoms with van der Waals surface area (Å²) >= 11 is 11.0. The molecule has 0 aliphatic rings. The number of hydrogen-bond donors (Lipinski definition) is 1. The number of hydrogen-bond acceptors (Lipinski definition) is 4. The van der Waals surface area contributed by atoms with Gasteiger partial charge in [0, 0.05) is 10.6 Å². The summed E-state index contributed by atoms with van der Waals surface area (Å²) < 4.78 is 55.3. The van der Waals surface area contributed by atoms with E-state index >= 15 is 0 Å². The van der Waals surface area contributed by atoms with Crippen molar-refractivity contribution in [2.75, 3.05) is 0 Å². The Bertz CT molecular complexity index is 1300. The molecule has 4 aromatic rings.